The van der Waals surface area contributed by atoms with Crippen LogP contribution in [0.15, 0.2) is 14.3 Å². The van der Waals surface area contributed by atoms with E-state index in [1.165, 1.54) is 18.4 Å². The van der Waals surface area contributed by atoms with Crippen LogP contribution in [0.25, 0.3) is 0 Å². The second-order valence-electron chi connectivity index (χ2n) is 4.82. The van der Waals surface area contributed by atoms with Gasteiger partial charge in [0.25, 0.3) is 5.91 Å². The molecule has 0 spiro atoms. The molecule has 2 rings (SSSR count). The Labute approximate surface area is 138 Å². The van der Waals surface area contributed by atoms with E-state index in [-0.39, 0.29) is 11.9 Å². The summed E-state index contributed by atoms with van der Waals surface area (Å²) in [7, 11) is 1.36. The third-order valence-electron chi connectivity index (χ3n) is 3.50. The first-order valence-electron chi connectivity index (χ1n) is 6.34. The number of esters is 1. The Hall–Kier alpha value is -0.400. The first kappa shape index (κ1) is 16.0. The summed E-state index contributed by atoms with van der Waals surface area (Å²) in [4.78, 5) is 25.0. The maximum Gasteiger partial charge on any atom is 0.331 e. The van der Waals surface area contributed by atoms with Gasteiger partial charge in [0.05, 0.1) is 15.8 Å². The standard InChI is InChI=1S/C13H15Br2NO3S/c1-19-12(18)13(5-3-2-4-6-13)16-11(17)9-7-8(14)10(15)20-9/h7H,2-6H2,1H3,(H,16,17). The van der Waals surface area contributed by atoms with Gasteiger partial charge in [-0.3, -0.25) is 4.79 Å². The maximum atomic E-state index is 12.4. The Bertz CT molecular complexity index is 504. The van der Waals surface area contributed by atoms with Gasteiger partial charge < -0.3 is 10.1 Å². The fourth-order valence-corrected chi connectivity index (χ4v) is 4.40. The zero-order valence-electron chi connectivity index (χ0n) is 11.0. The number of thiophene rings is 1. The van der Waals surface area contributed by atoms with Crippen LogP contribution in [0.1, 0.15) is 41.8 Å². The van der Waals surface area contributed by atoms with Gasteiger partial charge in [-0.2, -0.15) is 0 Å². The lowest BCUT2D eigenvalue weighted by Gasteiger charge is -2.35. The van der Waals surface area contributed by atoms with Crippen LogP contribution in [0, 0.1) is 0 Å². The number of methoxy groups -OCH3 is 1. The highest BCUT2D eigenvalue weighted by atomic mass is 79.9. The molecule has 1 saturated carbocycles. The SMILES string of the molecule is COC(=O)C1(NC(=O)c2cc(Br)c(Br)s2)CCCCC1. The molecule has 7 heteroatoms. The second-order valence-corrected chi connectivity index (χ2v) is 8.05. The van der Waals surface area contributed by atoms with E-state index in [0.717, 1.165) is 27.5 Å². The van der Waals surface area contributed by atoms with E-state index in [1.54, 1.807) is 6.07 Å². The summed E-state index contributed by atoms with van der Waals surface area (Å²) in [6.45, 7) is 0. The summed E-state index contributed by atoms with van der Waals surface area (Å²) in [5.41, 5.74) is -0.868. The average Bonchev–Trinajstić information content (AvgIpc) is 2.79. The fraction of sp³-hybridized carbons (Fsp3) is 0.538. The molecule has 1 amide bonds. The molecule has 0 atom stereocenters. The molecule has 4 nitrogen and oxygen atoms in total. The molecule has 0 aromatic carbocycles. The molecule has 1 aliphatic rings. The minimum atomic E-state index is -0.868. The van der Waals surface area contributed by atoms with Crippen LogP contribution < -0.4 is 5.32 Å². The van der Waals surface area contributed by atoms with Crippen molar-refractivity contribution in [2.75, 3.05) is 7.11 Å². The Kier molecular flexibility index (Phi) is 5.25. The largest absolute Gasteiger partial charge is 0.467 e. The maximum absolute atomic E-state index is 12.4. The monoisotopic (exact) mass is 423 g/mol. The molecule has 0 unspecified atom stereocenters. The summed E-state index contributed by atoms with van der Waals surface area (Å²) in [5.74, 6) is -0.575. The topological polar surface area (TPSA) is 55.4 Å². The number of halogens is 2. The number of hydrogen-bond acceptors (Lipinski definition) is 4. The van der Waals surface area contributed by atoms with Gasteiger partial charge in [-0.05, 0) is 50.8 Å². The van der Waals surface area contributed by atoms with E-state index < -0.39 is 5.54 Å². The molecule has 0 radical (unpaired) electrons. The molecule has 0 bridgehead atoms. The van der Waals surface area contributed by atoms with Crippen molar-refractivity contribution in [1.82, 2.24) is 5.32 Å². The number of carbonyl (C=O) groups excluding carboxylic acids is 2. The average molecular weight is 425 g/mol. The third-order valence-corrected chi connectivity index (χ3v) is 6.76. The second kappa shape index (κ2) is 6.58. The lowest BCUT2D eigenvalue weighted by atomic mass is 9.81. The molecule has 1 fully saturated rings. The van der Waals surface area contributed by atoms with Crippen molar-refractivity contribution in [1.29, 1.82) is 0 Å². The van der Waals surface area contributed by atoms with Crippen LogP contribution in [0.3, 0.4) is 0 Å². The van der Waals surface area contributed by atoms with Gasteiger partial charge in [0, 0.05) is 4.47 Å². The van der Waals surface area contributed by atoms with Crippen LogP contribution in [-0.4, -0.2) is 24.5 Å². The van der Waals surface area contributed by atoms with Crippen molar-refractivity contribution < 1.29 is 14.3 Å². The highest BCUT2D eigenvalue weighted by Crippen LogP contribution is 2.34. The summed E-state index contributed by atoms with van der Waals surface area (Å²) in [6.07, 6.45) is 4.21. The summed E-state index contributed by atoms with van der Waals surface area (Å²) < 4.78 is 6.59. The van der Waals surface area contributed by atoms with E-state index in [1.807, 2.05) is 0 Å². The zero-order chi connectivity index (χ0) is 14.8. The molecule has 0 aliphatic heterocycles. The van der Waals surface area contributed by atoms with E-state index >= 15 is 0 Å². The molecule has 110 valence electrons. The molecular formula is C13H15Br2NO3S. The molecule has 0 saturated heterocycles. The molecule has 1 N–H and O–H groups in total. The van der Waals surface area contributed by atoms with Gasteiger partial charge in [-0.1, -0.05) is 19.3 Å². The lowest BCUT2D eigenvalue weighted by Crippen LogP contribution is -2.56. The van der Waals surface area contributed by atoms with E-state index in [0.29, 0.717) is 17.7 Å². The fourth-order valence-electron chi connectivity index (χ4n) is 2.47. The Morgan fingerprint density at radius 3 is 2.45 bits per heavy atom. The van der Waals surface area contributed by atoms with E-state index in [2.05, 4.69) is 37.2 Å². The Morgan fingerprint density at radius 1 is 1.30 bits per heavy atom. The van der Waals surface area contributed by atoms with Crippen molar-refractivity contribution in [3.63, 3.8) is 0 Å². The van der Waals surface area contributed by atoms with Crippen LogP contribution in [-0.2, 0) is 9.53 Å². The van der Waals surface area contributed by atoms with E-state index in [4.69, 9.17) is 4.74 Å². The van der Waals surface area contributed by atoms with Crippen LogP contribution in [0.5, 0.6) is 0 Å². The molecule has 1 aliphatic carbocycles. The molecule has 20 heavy (non-hydrogen) atoms. The highest BCUT2D eigenvalue weighted by Gasteiger charge is 2.42. The number of carbonyl (C=O) groups is 2. The zero-order valence-corrected chi connectivity index (χ0v) is 15.0. The number of ether oxygens (including phenoxy) is 1. The van der Waals surface area contributed by atoms with Crippen LogP contribution in [0.4, 0.5) is 0 Å². The van der Waals surface area contributed by atoms with Crippen LogP contribution in [0.2, 0.25) is 0 Å². The minimum absolute atomic E-state index is 0.228. The highest BCUT2D eigenvalue weighted by molar-refractivity contribution is 9.13. The third kappa shape index (κ3) is 3.26. The number of amides is 1. The molecular weight excluding hydrogens is 410 g/mol. The van der Waals surface area contributed by atoms with Gasteiger partial charge in [0.1, 0.15) is 5.54 Å². The number of nitrogens with one attached hydrogen (secondary N) is 1. The first-order chi connectivity index (χ1) is 9.48. The number of hydrogen-bond donors (Lipinski definition) is 1. The Balaban J connectivity index is 2.19. The van der Waals surface area contributed by atoms with Crippen molar-refractivity contribution in [3.05, 3.63) is 19.2 Å². The van der Waals surface area contributed by atoms with Gasteiger partial charge in [0.2, 0.25) is 0 Å². The molecule has 1 aromatic heterocycles. The van der Waals surface area contributed by atoms with Crippen molar-refractivity contribution in [2.45, 2.75) is 37.6 Å². The normalized spacial score (nSPS) is 17.6. The Morgan fingerprint density at radius 2 is 1.95 bits per heavy atom. The van der Waals surface area contributed by atoms with Crippen molar-refractivity contribution in [3.8, 4) is 0 Å². The summed E-state index contributed by atoms with van der Waals surface area (Å²) >= 11 is 8.06. The molecule has 1 aromatic rings. The van der Waals surface area contributed by atoms with Gasteiger partial charge in [-0.15, -0.1) is 11.3 Å². The summed E-state index contributed by atoms with van der Waals surface area (Å²) in [5, 5.41) is 2.90. The van der Waals surface area contributed by atoms with Crippen LogP contribution >= 0.6 is 43.2 Å². The first-order valence-corrected chi connectivity index (χ1v) is 8.74. The smallest absolute Gasteiger partial charge is 0.331 e. The quantitative estimate of drug-likeness (QED) is 0.749. The summed E-state index contributed by atoms with van der Waals surface area (Å²) in [6, 6.07) is 1.75. The van der Waals surface area contributed by atoms with Gasteiger partial charge in [-0.25, -0.2) is 4.79 Å². The van der Waals surface area contributed by atoms with Gasteiger partial charge in [0.15, 0.2) is 0 Å². The van der Waals surface area contributed by atoms with Crippen molar-refractivity contribution >= 4 is 55.1 Å². The predicted octanol–water partition coefficient (Wildman–Crippen LogP) is 3.88. The number of rotatable bonds is 3. The van der Waals surface area contributed by atoms with Gasteiger partial charge >= 0.3 is 5.97 Å². The van der Waals surface area contributed by atoms with Crippen molar-refractivity contribution in [2.24, 2.45) is 0 Å². The predicted molar refractivity (Wildman–Crippen MR) is 85.0 cm³/mol. The minimum Gasteiger partial charge on any atom is -0.467 e. The lowest BCUT2D eigenvalue weighted by molar-refractivity contribution is -0.149. The van der Waals surface area contributed by atoms with E-state index in [9.17, 15) is 9.59 Å². The molecule has 1 heterocycles.